The van der Waals surface area contributed by atoms with Gasteiger partial charge in [0.2, 0.25) is 5.91 Å². The minimum Gasteiger partial charge on any atom is -0.364 e. The van der Waals surface area contributed by atoms with Gasteiger partial charge in [-0.15, -0.1) is 0 Å². The van der Waals surface area contributed by atoms with Crippen LogP contribution in [-0.2, 0) is 14.4 Å². The van der Waals surface area contributed by atoms with Crippen molar-refractivity contribution in [2.45, 2.75) is 27.7 Å². The van der Waals surface area contributed by atoms with Crippen LogP contribution in [0.5, 0.6) is 0 Å². The molecule has 2 aliphatic rings. The average Bonchev–Trinajstić information content (AvgIpc) is 2.92. The van der Waals surface area contributed by atoms with Crippen molar-refractivity contribution in [2.24, 2.45) is 5.92 Å². The van der Waals surface area contributed by atoms with Crippen molar-refractivity contribution in [3.8, 4) is 0 Å². The van der Waals surface area contributed by atoms with E-state index < -0.39 is 0 Å². The molecule has 7 nitrogen and oxygen atoms in total. The molecule has 1 aromatic carbocycles. The van der Waals surface area contributed by atoms with Gasteiger partial charge >= 0.3 is 0 Å². The number of carbonyl (C=O) groups is 3. The molecular formula is C22H30N4O3. The third kappa shape index (κ3) is 4.50. The normalized spacial score (nSPS) is 18.2. The molecule has 0 radical (unpaired) electrons. The fourth-order valence-electron chi connectivity index (χ4n) is 3.86. The molecule has 29 heavy (non-hydrogen) atoms. The maximum Gasteiger partial charge on any atom is 0.277 e. The van der Waals surface area contributed by atoms with Crippen molar-refractivity contribution in [1.82, 2.24) is 14.7 Å². The van der Waals surface area contributed by atoms with Crippen LogP contribution in [0.1, 0.15) is 33.3 Å². The van der Waals surface area contributed by atoms with E-state index in [0.717, 1.165) is 32.7 Å². The number of nitrogens with one attached hydrogen (secondary N) is 1. The number of hydrogen-bond acceptors (Lipinski definition) is 5. The fraction of sp³-hybridized carbons (Fsp3) is 0.500. The van der Waals surface area contributed by atoms with Gasteiger partial charge in [0, 0.05) is 45.3 Å². The number of benzene rings is 1. The molecule has 0 aromatic heterocycles. The topological polar surface area (TPSA) is 73.0 Å². The van der Waals surface area contributed by atoms with E-state index in [-0.39, 0.29) is 23.6 Å². The predicted molar refractivity (Wildman–Crippen MR) is 113 cm³/mol. The van der Waals surface area contributed by atoms with Crippen molar-refractivity contribution in [2.75, 3.05) is 44.6 Å². The van der Waals surface area contributed by atoms with Gasteiger partial charge in [0.05, 0.1) is 5.57 Å². The average molecular weight is 399 g/mol. The van der Waals surface area contributed by atoms with Crippen molar-refractivity contribution in [3.63, 3.8) is 0 Å². The van der Waals surface area contributed by atoms with E-state index in [1.165, 1.54) is 11.8 Å². The Kier molecular flexibility index (Phi) is 6.37. The number of rotatable bonds is 6. The van der Waals surface area contributed by atoms with E-state index in [1.54, 1.807) is 24.3 Å². The summed E-state index contributed by atoms with van der Waals surface area (Å²) in [6, 6.07) is 7.12. The zero-order valence-corrected chi connectivity index (χ0v) is 17.7. The van der Waals surface area contributed by atoms with Gasteiger partial charge in [-0.2, -0.15) is 0 Å². The smallest absolute Gasteiger partial charge is 0.277 e. The number of anilines is 1. The molecule has 1 N–H and O–H groups in total. The Labute approximate surface area is 172 Å². The van der Waals surface area contributed by atoms with Crippen molar-refractivity contribution in [1.29, 1.82) is 0 Å². The van der Waals surface area contributed by atoms with Gasteiger partial charge in [-0.25, -0.2) is 0 Å². The number of amides is 3. The number of imide groups is 1. The van der Waals surface area contributed by atoms with E-state index in [2.05, 4.69) is 22.0 Å². The first-order valence-electron chi connectivity index (χ1n) is 10.3. The Balaban J connectivity index is 1.97. The van der Waals surface area contributed by atoms with Gasteiger partial charge < -0.3 is 15.1 Å². The fourth-order valence-corrected chi connectivity index (χ4v) is 3.86. The van der Waals surface area contributed by atoms with E-state index in [9.17, 15) is 14.4 Å². The van der Waals surface area contributed by atoms with E-state index >= 15 is 0 Å². The third-order valence-corrected chi connectivity index (χ3v) is 5.32. The second-order valence-corrected chi connectivity index (χ2v) is 8.02. The number of likely N-dealkylation sites (N-methyl/N-ethyl adjacent to an activating group) is 1. The lowest BCUT2D eigenvalue weighted by molar-refractivity contribution is -0.138. The highest BCUT2D eigenvalue weighted by Crippen LogP contribution is 2.33. The van der Waals surface area contributed by atoms with Crippen molar-refractivity contribution in [3.05, 3.63) is 35.5 Å². The molecule has 2 aliphatic heterocycles. The summed E-state index contributed by atoms with van der Waals surface area (Å²) < 4.78 is 0. The van der Waals surface area contributed by atoms with Gasteiger partial charge in [0.1, 0.15) is 5.70 Å². The molecule has 0 unspecified atom stereocenters. The van der Waals surface area contributed by atoms with Crippen molar-refractivity contribution >= 4 is 29.0 Å². The molecule has 0 saturated carbocycles. The number of piperazine rings is 1. The van der Waals surface area contributed by atoms with E-state index in [1.807, 2.05) is 13.8 Å². The van der Waals surface area contributed by atoms with Crippen LogP contribution in [-0.4, -0.2) is 71.7 Å². The Bertz CT molecular complexity index is 821. The summed E-state index contributed by atoms with van der Waals surface area (Å²) in [4.78, 5) is 43.5. The minimum atomic E-state index is -0.233. The molecule has 1 aromatic rings. The van der Waals surface area contributed by atoms with Crippen LogP contribution in [0.4, 0.5) is 5.69 Å². The number of nitrogens with zero attached hydrogens (tertiary/aromatic N) is 3. The Morgan fingerprint density at radius 2 is 1.66 bits per heavy atom. The highest BCUT2D eigenvalue weighted by atomic mass is 16.2. The first-order valence-corrected chi connectivity index (χ1v) is 10.3. The van der Waals surface area contributed by atoms with Crippen LogP contribution in [0, 0.1) is 5.92 Å². The summed E-state index contributed by atoms with van der Waals surface area (Å²) in [7, 11) is 0. The molecule has 7 heteroatoms. The maximum absolute atomic E-state index is 13.2. The quantitative estimate of drug-likeness (QED) is 0.743. The molecule has 0 bridgehead atoms. The molecule has 156 valence electrons. The summed E-state index contributed by atoms with van der Waals surface area (Å²) in [5.41, 5.74) is 2.35. The van der Waals surface area contributed by atoms with Crippen molar-refractivity contribution < 1.29 is 14.4 Å². The maximum atomic E-state index is 13.2. The molecule has 3 rings (SSSR count). The summed E-state index contributed by atoms with van der Waals surface area (Å²) in [6.45, 7) is 12.2. The molecule has 3 amide bonds. The largest absolute Gasteiger partial charge is 0.364 e. The molecular weight excluding hydrogens is 368 g/mol. The standard InChI is InChI=1S/C22H30N4O3/c1-5-24-10-12-25(13-11-24)20-19(21(28)26(22(20)29)14-15(2)3)17-6-8-18(9-7-17)23-16(4)27/h6-9,15H,5,10-14H2,1-4H3,(H,23,27). The summed E-state index contributed by atoms with van der Waals surface area (Å²) in [5, 5.41) is 2.73. The Morgan fingerprint density at radius 1 is 1.03 bits per heavy atom. The minimum absolute atomic E-state index is 0.151. The van der Waals surface area contributed by atoms with Crippen LogP contribution in [0.2, 0.25) is 0 Å². The highest BCUT2D eigenvalue weighted by molar-refractivity contribution is 6.35. The van der Waals surface area contributed by atoms with Crippen LogP contribution >= 0.6 is 0 Å². The second-order valence-electron chi connectivity index (χ2n) is 8.02. The van der Waals surface area contributed by atoms with Gasteiger partial charge in [-0.05, 0) is 30.2 Å². The zero-order valence-electron chi connectivity index (χ0n) is 17.7. The first kappa shape index (κ1) is 21.0. The summed E-state index contributed by atoms with van der Waals surface area (Å²) in [6.07, 6.45) is 0. The molecule has 0 aliphatic carbocycles. The first-order chi connectivity index (χ1) is 13.8. The Hall–Kier alpha value is -2.67. The third-order valence-electron chi connectivity index (χ3n) is 5.32. The van der Waals surface area contributed by atoms with Gasteiger partial charge in [0.25, 0.3) is 11.8 Å². The van der Waals surface area contributed by atoms with Gasteiger partial charge in [0.15, 0.2) is 0 Å². The molecule has 1 fully saturated rings. The summed E-state index contributed by atoms with van der Waals surface area (Å²) in [5.74, 6) is -0.386. The molecule has 0 spiro atoms. The Morgan fingerprint density at radius 3 is 2.17 bits per heavy atom. The van der Waals surface area contributed by atoms with E-state index in [4.69, 9.17) is 0 Å². The lowest BCUT2D eigenvalue weighted by atomic mass is 10.0. The van der Waals surface area contributed by atoms with Crippen LogP contribution in [0.25, 0.3) is 5.57 Å². The van der Waals surface area contributed by atoms with Crippen LogP contribution in [0.3, 0.4) is 0 Å². The highest BCUT2D eigenvalue weighted by Gasteiger charge is 2.42. The van der Waals surface area contributed by atoms with Crippen LogP contribution in [0.15, 0.2) is 30.0 Å². The van der Waals surface area contributed by atoms with E-state index in [0.29, 0.717) is 29.1 Å². The molecule has 0 atom stereocenters. The molecule has 2 heterocycles. The SMILES string of the molecule is CCN1CCN(C2=C(c3ccc(NC(C)=O)cc3)C(=O)N(CC(C)C)C2=O)CC1. The van der Waals surface area contributed by atoms with Crippen LogP contribution < -0.4 is 5.32 Å². The van der Waals surface area contributed by atoms with Gasteiger partial charge in [-0.3, -0.25) is 19.3 Å². The monoisotopic (exact) mass is 398 g/mol. The predicted octanol–water partition coefficient (Wildman–Crippen LogP) is 2.02. The molecule has 1 saturated heterocycles. The lowest BCUT2D eigenvalue weighted by Gasteiger charge is -2.36. The number of hydrogen-bond donors (Lipinski definition) is 1. The van der Waals surface area contributed by atoms with Gasteiger partial charge in [-0.1, -0.05) is 32.9 Å². The number of carbonyl (C=O) groups excluding carboxylic acids is 3. The zero-order chi connectivity index (χ0) is 21.1. The second kappa shape index (κ2) is 8.78. The lowest BCUT2D eigenvalue weighted by Crippen LogP contribution is -2.47. The summed E-state index contributed by atoms with van der Waals surface area (Å²) >= 11 is 0.